The first-order chi connectivity index (χ1) is 7.84. The Morgan fingerprint density at radius 3 is 3.12 bits per heavy atom. The normalized spacial score (nSPS) is 20.9. The Morgan fingerprint density at radius 1 is 1.50 bits per heavy atom. The molecule has 1 aliphatic rings. The number of hydrogen-bond donors (Lipinski definition) is 1. The average Bonchev–Trinajstić information content (AvgIpc) is 2.33. The molecule has 1 aromatic rings. The predicted octanol–water partition coefficient (Wildman–Crippen LogP) is 2.36. The van der Waals surface area contributed by atoms with Crippen molar-refractivity contribution in [2.75, 3.05) is 19.7 Å². The van der Waals surface area contributed by atoms with Crippen molar-refractivity contribution >= 4 is 15.9 Å². The van der Waals surface area contributed by atoms with E-state index >= 15 is 0 Å². The highest BCUT2D eigenvalue weighted by Gasteiger charge is 2.12. The molecule has 3 nitrogen and oxygen atoms in total. The minimum atomic E-state index is 0.663. The molecule has 0 bridgehead atoms. The molecule has 16 heavy (non-hydrogen) atoms. The Morgan fingerprint density at radius 2 is 2.44 bits per heavy atom. The summed E-state index contributed by atoms with van der Waals surface area (Å²) in [7, 11) is 0. The van der Waals surface area contributed by atoms with E-state index in [-0.39, 0.29) is 0 Å². The van der Waals surface area contributed by atoms with Gasteiger partial charge in [-0.1, -0.05) is 6.07 Å². The van der Waals surface area contributed by atoms with Gasteiger partial charge in [0.25, 0.3) is 0 Å². The number of aromatic nitrogens is 1. The number of rotatable bonds is 4. The van der Waals surface area contributed by atoms with Crippen molar-refractivity contribution in [1.29, 1.82) is 0 Å². The van der Waals surface area contributed by atoms with Gasteiger partial charge in [-0.15, -0.1) is 0 Å². The van der Waals surface area contributed by atoms with E-state index in [2.05, 4.69) is 26.2 Å². The molecule has 1 saturated heterocycles. The van der Waals surface area contributed by atoms with E-state index in [0.717, 1.165) is 29.9 Å². The van der Waals surface area contributed by atoms with E-state index < -0.39 is 0 Å². The number of nitrogens with one attached hydrogen (secondary N) is 1. The Hall–Kier alpha value is -0.450. The van der Waals surface area contributed by atoms with Gasteiger partial charge in [-0.2, -0.15) is 0 Å². The van der Waals surface area contributed by atoms with Crippen molar-refractivity contribution in [3.63, 3.8) is 0 Å². The van der Waals surface area contributed by atoms with E-state index in [4.69, 9.17) is 4.74 Å². The number of nitrogens with zero attached hydrogens (tertiary/aromatic N) is 1. The molecule has 1 aromatic heterocycles. The lowest BCUT2D eigenvalue weighted by molar-refractivity contribution is 0.0781. The minimum absolute atomic E-state index is 0.663. The third kappa shape index (κ3) is 3.85. The molecule has 0 unspecified atom stereocenters. The summed E-state index contributed by atoms with van der Waals surface area (Å²) in [6, 6.07) is 3.98. The average molecular weight is 285 g/mol. The van der Waals surface area contributed by atoms with Crippen molar-refractivity contribution in [1.82, 2.24) is 10.3 Å². The molecular weight excluding hydrogens is 268 g/mol. The van der Waals surface area contributed by atoms with Crippen molar-refractivity contribution in [3.05, 3.63) is 28.5 Å². The van der Waals surface area contributed by atoms with E-state index in [0.29, 0.717) is 12.5 Å². The van der Waals surface area contributed by atoms with Gasteiger partial charge >= 0.3 is 0 Å². The zero-order valence-electron chi connectivity index (χ0n) is 9.29. The molecule has 88 valence electrons. The molecule has 1 aliphatic heterocycles. The van der Waals surface area contributed by atoms with Crippen LogP contribution in [0.1, 0.15) is 18.4 Å². The fraction of sp³-hybridized carbons (Fsp3) is 0.583. The summed E-state index contributed by atoms with van der Waals surface area (Å²) >= 11 is 3.32. The Labute approximate surface area is 105 Å². The van der Waals surface area contributed by atoms with Crippen LogP contribution in [0.5, 0.6) is 0 Å². The molecule has 1 atom stereocenters. The van der Waals surface area contributed by atoms with Gasteiger partial charge in [0.15, 0.2) is 0 Å². The van der Waals surface area contributed by atoms with Crippen LogP contribution in [0.4, 0.5) is 0 Å². The summed E-state index contributed by atoms with van der Waals surface area (Å²) in [6.45, 7) is 3.77. The fourth-order valence-corrected chi connectivity index (χ4v) is 2.14. The highest BCUT2D eigenvalue weighted by atomic mass is 79.9. The number of pyridine rings is 1. The first kappa shape index (κ1) is 12.0. The summed E-state index contributed by atoms with van der Waals surface area (Å²) in [5.74, 6) is 0.678. The van der Waals surface area contributed by atoms with Gasteiger partial charge in [0.1, 0.15) is 4.60 Å². The topological polar surface area (TPSA) is 34.1 Å². The summed E-state index contributed by atoms with van der Waals surface area (Å²) in [5.41, 5.74) is 1.13. The molecule has 0 aromatic carbocycles. The smallest absolute Gasteiger partial charge is 0.106 e. The molecule has 0 saturated carbocycles. The summed E-state index contributed by atoms with van der Waals surface area (Å²) in [6.07, 6.45) is 4.41. The molecule has 0 radical (unpaired) electrons. The van der Waals surface area contributed by atoms with Gasteiger partial charge in [0.2, 0.25) is 0 Å². The van der Waals surface area contributed by atoms with Crippen LogP contribution in [0.3, 0.4) is 0 Å². The number of ether oxygens (including phenoxy) is 1. The van der Waals surface area contributed by atoms with Crippen LogP contribution in [0.15, 0.2) is 22.9 Å². The van der Waals surface area contributed by atoms with Crippen molar-refractivity contribution in [2.45, 2.75) is 19.4 Å². The molecule has 1 N–H and O–H groups in total. The van der Waals surface area contributed by atoms with Crippen LogP contribution in [0.2, 0.25) is 0 Å². The van der Waals surface area contributed by atoms with Gasteiger partial charge in [-0.05, 0) is 52.9 Å². The Kier molecular flexibility index (Phi) is 4.75. The summed E-state index contributed by atoms with van der Waals surface area (Å²) in [4.78, 5) is 4.17. The van der Waals surface area contributed by atoms with E-state index in [1.165, 1.54) is 12.8 Å². The molecule has 1 fully saturated rings. The van der Waals surface area contributed by atoms with Crippen LogP contribution in [-0.4, -0.2) is 24.7 Å². The number of hydrogen-bond acceptors (Lipinski definition) is 3. The summed E-state index contributed by atoms with van der Waals surface area (Å²) < 4.78 is 6.57. The van der Waals surface area contributed by atoms with Gasteiger partial charge in [0, 0.05) is 12.7 Å². The lowest BCUT2D eigenvalue weighted by atomic mass is 10.0. The SMILES string of the molecule is Brc1ccc(COC[C@H]2CCCNC2)cn1. The number of halogens is 1. The molecule has 0 amide bonds. The number of piperidine rings is 1. The molecule has 2 heterocycles. The van der Waals surface area contributed by atoms with Gasteiger partial charge in [-0.3, -0.25) is 0 Å². The maximum absolute atomic E-state index is 5.70. The molecule has 2 rings (SSSR count). The van der Waals surface area contributed by atoms with E-state index in [1.807, 2.05) is 18.3 Å². The maximum Gasteiger partial charge on any atom is 0.106 e. The highest BCUT2D eigenvalue weighted by molar-refractivity contribution is 9.10. The largest absolute Gasteiger partial charge is 0.376 e. The Balaban J connectivity index is 1.69. The van der Waals surface area contributed by atoms with Crippen LogP contribution < -0.4 is 5.32 Å². The third-order valence-corrected chi connectivity index (χ3v) is 3.28. The Bertz CT molecular complexity index is 309. The molecule has 4 heteroatoms. The van der Waals surface area contributed by atoms with Crippen LogP contribution >= 0.6 is 15.9 Å². The highest BCUT2D eigenvalue weighted by Crippen LogP contribution is 2.12. The lowest BCUT2D eigenvalue weighted by Crippen LogP contribution is -2.32. The van der Waals surface area contributed by atoms with Crippen molar-refractivity contribution < 1.29 is 4.74 Å². The van der Waals surface area contributed by atoms with Gasteiger partial charge in [0.05, 0.1) is 13.2 Å². The second-order valence-electron chi connectivity index (χ2n) is 4.22. The predicted molar refractivity (Wildman–Crippen MR) is 67.2 cm³/mol. The monoisotopic (exact) mass is 284 g/mol. The van der Waals surface area contributed by atoms with E-state index in [9.17, 15) is 0 Å². The van der Waals surface area contributed by atoms with Gasteiger partial charge in [-0.25, -0.2) is 4.98 Å². The standard InChI is InChI=1S/C12H17BrN2O/c13-12-4-3-11(7-15-12)9-16-8-10-2-1-5-14-6-10/h3-4,7,10,14H,1-2,5-6,8-9H2/t10-/m0/s1. The molecule has 0 aliphatic carbocycles. The maximum atomic E-state index is 5.70. The van der Waals surface area contributed by atoms with Crippen molar-refractivity contribution in [3.8, 4) is 0 Å². The van der Waals surface area contributed by atoms with Crippen LogP contribution in [-0.2, 0) is 11.3 Å². The fourth-order valence-electron chi connectivity index (χ4n) is 1.90. The van der Waals surface area contributed by atoms with Gasteiger partial charge < -0.3 is 10.1 Å². The van der Waals surface area contributed by atoms with Crippen molar-refractivity contribution in [2.24, 2.45) is 5.92 Å². The second kappa shape index (κ2) is 6.33. The minimum Gasteiger partial charge on any atom is -0.376 e. The van der Waals surface area contributed by atoms with Crippen LogP contribution in [0.25, 0.3) is 0 Å². The molecular formula is C12H17BrN2O. The third-order valence-electron chi connectivity index (χ3n) is 2.81. The first-order valence-corrected chi connectivity index (χ1v) is 6.53. The van der Waals surface area contributed by atoms with E-state index in [1.54, 1.807) is 0 Å². The zero-order chi connectivity index (χ0) is 11.2. The summed E-state index contributed by atoms with van der Waals surface area (Å²) in [5, 5.41) is 3.39. The first-order valence-electron chi connectivity index (χ1n) is 5.73. The lowest BCUT2D eigenvalue weighted by Gasteiger charge is -2.22. The quantitative estimate of drug-likeness (QED) is 0.862. The van der Waals surface area contributed by atoms with Crippen LogP contribution in [0, 0.1) is 5.92 Å². The zero-order valence-corrected chi connectivity index (χ0v) is 10.9. The second-order valence-corrected chi connectivity index (χ2v) is 5.03. The molecule has 0 spiro atoms.